The molecule has 0 saturated heterocycles. The van der Waals surface area contributed by atoms with Crippen LogP contribution in [0.2, 0.25) is 5.02 Å². The molecule has 1 aliphatic carbocycles. The van der Waals surface area contributed by atoms with Gasteiger partial charge in [0.25, 0.3) is 0 Å². The first-order valence-corrected chi connectivity index (χ1v) is 12.1. The minimum Gasteiger partial charge on any atom is -0.352 e. The first-order chi connectivity index (χ1) is 14.9. The van der Waals surface area contributed by atoms with Gasteiger partial charge in [0, 0.05) is 23.4 Å². The highest BCUT2D eigenvalue weighted by Crippen LogP contribution is 2.22. The topological polar surface area (TPSA) is 49.4 Å². The average molecular weight is 463 g/mol. The van der Waals surface area contributed by atoms with E-state index in [0.717, 1.165) is 36.8 Å². The Hall–Kier alpha value is -2.05. The molecule has 1 atom stereocenters. The zero-order valence-corrected chi connectivity index (χ0v) is 19.2. The van der Waals surface area contributed by atoms with Crippen molar-refractivity contribution in [2.75, 3.05) is 5.75 Å². The molecule has 0 radical (unpaired) electrons. The summed E-state index contributed by atoms with van der Waals surface area (Å²) in [5.41, 5.74) is 1.76. The number of carbonyl (C=O) groups excluding carboxylic acids is 2. The van der Waals surface area contributed by atoms with Crippen molar-refractivity contribution < 1.29 is 14.0 Å². The van der Waals surface area contributed by atoms with Gasteiger partial charge in [0.2, 0.25) is 11.8 Å². The number of hydrogen-bond acceptors (Lipinski definition) is 3. The Kier molecular flexibility index (Phi) is 8.79. The quantitative estimate of drug-likeness (QED) is 0.558. The lowest BCUT2D eigenvalue weighted by Crippen LogP contribution is -2.50. The van der Waals surface area contributed by atoms with Gasteiger partial charge in [0.1, 0.15) is 11.9 Å². The van der Waals surface area contributed by atoms with E-state index < -0.39 is 6.04 Å². The van der Waals surface area contributed by atoms with Crippen molar-refractivity contribution in [3.63, 3.8) is 0 Å². The molecule has 3 rings (SSSR count). The van der Waals surface area contributed by atoms with Crippen LogP contribution in [0, 0.1) is 5.82 Å². The van der Waals surface area contributed by atoms with Crippen LogP contribution in [0.25, 0.3) is 0 Å². The fourth-order valence-electron chi connectivity index (χ4n) is 3.70. The fourth-order valence-corrected chi connectivity index (χ4v) is 4.77. The molecule has 0 heterocycles. The van der Waals surface area contributed by atoms with Gasteiger partial charge in [-0.2, -0.15) is 0 Å². The second kappa shape index (κ2) is 11.5. The van der Waals surface area contributed by atoms with Gasteiger partial charge in [-0.05, 0) is 49.1 Å². The summed E-state index contributed by atoms with van der Waals surface area (Å²) in [6, 6.07) is 13.2. The number of thioether (sulfide) groups is 1. The third-order valence-electron chi connectivity index (χ3n) is 5.57. The van der Waals surface area contributed by atoms with E-state index in [-0.39, 0.29) is 36.0 Å². The summed E-state index contributed by atoms with van der Waals surface area (Å²) in [5.74, 6) is 0.284. The molecular formula is C24H28ClFN2O2S. The number of carbonyl (C=O) groups is 2. The summed E-state index contributed by atoms with van der Waals surface area (Å²) in [7, 11) is 0. The highest BCUT2D eigenvalue weighted by atomic mass is 35.5. The van der Waals surface area contributed by atoms with Crippen LogP contribution < -0.4 is 5.32 Å². The Balaban J connectivity index is 1.66. The van der Waals surface area contributed by atoms with Gasteiger partial charge in [-0.1, -0.05) is 54.8 Å². The number of hydrogen-bond donors (Lipinski definition) is 1. The van der Waals surface area contributed by atoms with Crippen LogP contribution >= 0.6 is 23.4 Å². The summed E-state index contributed by atoms with van der Waals surface area (Å²) < 4.78 is 13.1. The molecule has 0 unspecified atom stereocenters. The van der Waals surface area contributed by atoms with Gasteiger partial charge < -0.3 is 10.2 Å². The van der Waals surface area contributed by atoms with Crippen molar-refractivity contribution >= 4 is 35.2 Å². The van der Waals surface area contributed by atoms with E-state index in [1.807, 2.05) is 18.2 Å². The van der Waals surface area contributed by atoms with E-state index in [1.54, 1.807) is 30.0 Å². The lowest BCUT2D eigenvalue weighted by atomic mass is 10.1. The maximum atomic E-state index is 13.1. The van der Waals surface area contributed by atoms with Gasteiger partial charge in [-0.3, -0.25) is 9.59 Å². The average Bonchev–Trinajstić information content (AvgIpc) is 3.27. The van der Waals surface area contributed by atoms with Crippen LogP contribution in [0.5, 0.6) is 0 Å². The monoisotopic (exact) mass is 462 g/mol. The molecule has 2 amide bonds. The van der Waals surface area contributed by atoms with E-state index in [0.29, 0.717) is 10.8 Å². The molecular weight excluding hydrogens is 435 g/mol. The fraction of sp³-hybridized carbons (Fsp3) is 0.417. The molecule has 1 fully saturated rings. The number of rotatable bonds is 9. The number of nitrogens with one attached hydrogen (secondary N) is 1. The second-order valence-electron chi connectivity index (χ2n) is 7.90. The highest BCUT2D eigenvalue weighted by molar-refractivity contribution is 7.99. The summed E-state index contributed by atoms with van der Waals surface area (Å²) in [4.78, 5) is 27.6. The van der Waals surface area contributed by atoms with Crippen molar-refractivity contribution in [3.05, 3.63) is 70.5 Å². The van der Waals surface area contributed by atoms with E-state index in [4.69, 9.17) is 11.6 Å². The third kappa shape index (κ3) is 6.97. The summed E-state index contributed by atoms with van der Waals surface area (Å²) in [6.07, 6.45) is 4.23. The van der Waals surface area contributed by atoms with Crippen LogP contribution in [0.15, 0.2) is 48.5 Å². The molecule has 1 saturated carbocycles. The van der Waals surface area contributed by atoms with Gasteiger partial charge in [0.15, 0.2) is 0 Å². The van der Waals surface area contributed by atoms with Gasteiger partial charge in [0.05, 0.1) is 5.75 Å². The molecule has 31 heavy (non-hydrogen) atoms. The van der Waals surface area contributed by atoms with Crippen LogP contribution in [-0.2, 0) is 21.9 Å². The van der Waals surface area contributed by atoms with Crippen LogP contribution in [0.1, 0.15) is 43.7 Å². The van der Waals surface area contributed by atoms with Gasteiger partial charge in [-0.15, -0.1) is 11.8 Å². The Morgan fingerprint density at radius 3 is 2.52 bits per heavy atom. The lowest BCUT2D eigenvalue weighted by Gasteiger charge is -2.30. The molecule has 0 aromatic heterocycles. The molecule has 1 aliphatic rings. The molecule has 0 bridgehead atoms. The number of nitrogens with zero attached hydrogens (tertiary/aromatic N) is 1. The number of benzene rings is 2. The molecule has 2 aromatic carbocycles. The van der Waals surface area contributed by atoms with Crippen molar-refractivity contribution in [2.45, 2.75) is 57.0 Å². The maximum absolute atomic E-state index is 13.1. The Bertz CT molecular complexity index is 887. The van der Waals surface area contributed by atoms with Crippen LogP contribution in [-0.4, -0.2) is 34.6 Å². The first-order valence-electron chi connectivity index (χ1n) is 10.6. The van der Waals surface area contributed by atoms with Gasteiger partial charge >= 0.3 is 0 Å². The molecule has 2 aromatic rings. The highest BCUT2D eigenvalue weighted by Gasteiger charge is 2.28. The maximum Gasteiger partial charge on any atom is 0.242 e. The molecule has 1 N–H and O–H groups in total. The predicted molar refractivity (Wildman–Crippen MR) is 124 cm³/mol. The lowest BCUT2D eigenvalue weighted by molar-refractivity contribution is -0.138. The molecule has 166 valence electrons. The first kappa shape index (κ1) is 23.6. The van der Waals surface area contributed by atoms with Gasteiger partial charge in [-0.25, -0.2) is 4.39 Å². The van der Waals surface area contributed by atoms with Crippen molar-refractivity contribution in [1.29, 1.82) is 0 Å². The SMILES string of the molecule is C[C@H](C(=O)NC1CCCC1)N(Cc1ccccc1Cl)C(=O)CSCc1ccc(F)cc1. The van der Waals surface area contributed by atoms with Crippen LogP contribution in [0.3, 0.4) is 0 Å². The Morgan fingerprint density at radius 1 is 1.16 bits per heavy atom. The van der Waals surface area contributed by atoms with E-state index >= 15 is 0 Å². The predicted octanol–water partition coefficient (Wildman–Crippen LogP) is 5.19. The van der Waals surface area contributed by atoms with Crippen molar-refractivity contribution in [3.8, 4) is 0 Å². The largest absolute Gasteiger partial charge is 0.352 e. The Labute approximate surface area is 192 Å². The zero-order valence-electron chi connectivity index (χ0n) is 17.7. The molecule has 0 aliphatic heterocycles. The normalized spacial score (nSPS) is 14.9. The standard InChI is InChI=1S/C24H28ClFN2O2S/c1-17(24(30)27-21-7-3-4-8-21)28(14-19-6-2-5-9-22(19)25)23(29)16-31-15-18-10-12-20(26)13-11-18/h2,5-6,9-13,17,21H,3-4,7-8,14-16H2,1H3,(H,27,30)/t17-/m1/s1. The Morgan fingerprint density at radius 2 is 1.84 bits per heavy atom. The molecule has 7 heteroatoms. The van der Waals surface area contributed by atoms with Crippen molar-refractivity contribution in [1.82, 2.24) is 10.2 Å². The zero-order chi connectivity index (χ0) is 22.2. The molecule has 4 nitrogen and oxygen atoms in total. The second-order valence-corrected chi connectivity index (χ2v) is 9.29. The smallest absolute Gasteiger partial charge is 0.242 e. The molecule has 0 spiro atoms. The van der Waals surface area contributed by atoms with E-state index in [9.17, 15) is 14.0 Å². The van der Waals surface area contributed by atoms with Crippen molar-refractivity contribution in [2.24, 2.45) is 0 Å². The summed E-state index contributed by atoms with van der Waals surface area (Å²) in [6.45, 7) is 2.04. The summed E-state index contributed by atoms with van der Waals surface area (Å²) in [5, 5.41) is 3.67. The minimum atomic E-state index is -0.601. The minimum absolute atomic E-state index is 0.124. The summed E-state index contributed by atoms with van der Waals surface area (Å²) >= 11 is 7.76. The third-order valence-corrected chi connectivity index (χ3v) is 6.93. The van der Waals surface area contributed by atoms with E-state index in [1.165, 1.54) is 23.9 Å². The van der Waals surface area contributed by atoms with E-state index in [2.05, 4.69) is 5.32 Å². The number of halogens is 2. The van der Waals surface area contributed by atoms with Crippen LogP contribution in [0.4, 0.5) is 4.39 Å². The number of amides is 2.